The van der Waals surface area contributed by atoms with Crippen LogP contribution in [0.1, 0.15) is 124 Å². The summed E-state index contributed by atoms with van der Waals surface area (Å²) in [6, 6.07) is 48.8. The number of aromatic nitrogens is 6. The second-order valence-electron chi connectivity index (χ2n) is 25.4. The molecule has 109 heavy (non-hydrogen) atoms. The van der Waals surface area contributed by atoms with Crippen molar-refractivity contribution < 1.29 is 76.1 Å². The lowest BCUT2D eigenvalue weighted by Gasteiger charge is -2.38. The van der Waals surface area contributed by atoms with Crippen molar-refractivity contribution in [1.29, 1.82) is 5.41 Å². The lowest BCUT2D eigenvalue weighted by atomic mass is 9.92. The zero-order valence-electron chi connectivity index (χ0n) is 61.7. The molecular formula is C78H97ClN14O16. The Bertz CT molecular complexity index is 4220. The van der Waals surface area contributed by atoms with Crippen LogP contribution in [-0.4, -0.2) is 220 Å². The van der Waals surface area contributed by atoms with Gasteiger partial charge < -0.3 is 68.4 Å². The van der Waals surface area contributed by atoms with Crippen molar-refractivity contribution >= 4 is 65.8 Å². The molecule has 13 rings (SSSR count). The van der Waals surface area contributed by atoms with E-state index in [0.717, 1.165) is 70.7 Å². The van der Waals surface area contributed by atoms with Crippen molar-refractivity contribution in [2.24, 2.45) is 29.4 Å². The molecule has 9 heterocycles. The zero-order valence-corrected chi connectivity index (χ0v) is 62.5. The average molecular weight is 1520 g/mol. The van der Waals surface area contributed by atoms with Crippen LogP contribution in [-0.2, 0) is 40.0 Å². The van der Waals surface area contributed by atoms with Crippen LogP contribution in [0.3, 0.4) is 0 Å². The number of halogens is 1. The van der Waals surface area contributed by atoms with Gasteiger partial charge in [0.05, 0.1) is 6.34 Å². The van der Waals surface area contributed by atoms with Crippen molar-refractivity contribution in [3.05, 3.63) is 239 Å². The number of Topliss-reactive ketones (excluding diaryl/α,β-unsaturated/α-hetero) is 2. The maximum absolute atomic E-state index is 12.4. The molecule has 0 radical (unpaired) electrons. The molecule has 4 aromatic carbocycles. The fourth-order valence-electron chi connectivity index (χ4n) is 10.7. The van der Waals surface area contributed by atoms with Crippen LogP contribution in [0, 0.1) is 29.1 Å². The van der Waals surface area contributed by atoms with Gasteiger partial charge in [0.2, 0.25) is 29.5 Å². The van der Waals surface area contributed by atoms with Crippen LogP contribution >= 0.6 is 12.4 Å². The van der Waals surface area contributed by atoms with E-state index in [4.69, 9.17) is 43.5 Å². The maximum Gasteiger partial charge on any atom is 0.358 e. The Morgan fingerprint density at radius 3 is 1.18 bits per heavy atom. The second kappa shape index (κ2) is 47.1. The normalized spacial score (nSPS) is 13.3. The summed E-state index contributed by atoms with van der Waals surface area (Å²) >= 11 is 0. The van der Waals surface area contributed by atoms with Gasteiger partial charge in [-0.15, -0.1) is 12.4 Å². The van der Waals surface area contributed by atoms with Gasteiger partial charge >= 0.3 is 5.97 Å². The highest BCUT2D eigenvalue weighted by Gasteiger charge is 2.36. The number of nitrogens with two attached hydrogens (primary N) is 1. The number of nitrogens with one attached hydrogen (secondary N) is 2. The molecule has 4 saturated heterocycles. The topological polar surface area (TPSA) is 403 Å². The highest BCUT2D eigenvalue weighted by Crippen LogP contribution is 2.27. The molecule has 0 spiro atoms. The predicted molar refractivity (Wildman–Crippen MR) is 408 cm³/mol. The van der Waals surface area contributed by atoms with Crippen LogP contribution in [0.25, 0.3) is 11.5 Å². The van der Waals surface area contributed by atoms with Gasteiger partial charge in [-0.3, -0.25) is 43.9 Å². The van der Waals surface area contributed by atoms with Gasteiger partial charge in [-0.25, -0.2) is 14.8 Å². The number of carbonyl (C=O) groups is 8. The first-order valence-corrected chi connectivity index (χ1v) is 34.0. The monoisotopic (exact) mass is 1520 g/mol. The molecule has 9 aromatic rings. The van der Waals surface area contributed by atoms with Gasteiger partial charge in [0.15, 0.2) is 40.1 Å². The van der Waals surface area contributed by atoms with Gasteiger partial charge in [-0.1, -0.05) is 149 Å². The number of carboxylic acid groups (broad SMARTS) is 2. The summed E-state index contributed by atoms with van der Waals surface area (Å²) in [7, 11) is 10.6. The average Bonchev–Trinajstić information content (AvgIpc) is 1.80. The van der Waals surface area contributed by atoms with Crippen LogP contribution in [0.2, 0.25) is 0 Å². The molecule has 3 amide bonds. The molecule has 4 aliphatic rings. The third-order valence-electron chi connectivity index (χ3n) is 16.1. The van der Waals surface area contributed by atoms with E-state index in [2.05, 4.69) is 113 Å². The molecule has 4 aliphatic heterocycles. The molecule has 0 saturated carbocycles. The maximum atomic E-state index is 12.4. The van der Waals surface area contributed by atoms with Crippen LogP contribution in [0.5, 0.6) is 0 Å². The van der Waals surface area contributed by atoms with Crippen molar-refractivity contribution in [3.63, 3.8) is 0 Å². The Hall–Kier alpha value is -11.7. The largest absolute Gasteiger partial charge is 0.481 e. The number of amides is 3. The minimum Gasteiger partial charge on any atom is -0.481 e. The van der Waals surface area contributed by atoms with E-state index in [1.165, 1.54) is 80.1 Å². The first-order chi connectivity index (χ1) is 51.4. The minimum atomic E-state index is -1.21. The van der Waals surface area contributed by atoms with Gasteiger partial charge in [0.25, 0.3) is 23.7 Å². The number of hydrogen-bond acceptors (Lipinski definition) is 24. The van der Waals surface area contributed by atoms with E-state index in [1.54, 1.807) is 58.3 Å². The number of ketones is 3. The SMILES string of the molecule is C.CC(=O)O.CC(=O)c1cc(C(=O)N2CC(Cc3ccccc3)C2)no1.CC(=O)c1cc(C(=O)O)no1.CN(C)/C=C/C(=O)c1cc(C(=O)N2CC(Cc3ccccc3)C2)no1.COC(OC)N(C)C.Cl.N=CN.O=C(c1cc(-c2ccncn2)on1)N1CC(Cc2ccccc2)C1.c1ccc(CC2CNC2)cc1. The second-order valence-corrected chi connectivity index (χ2v) is 25.4. The molecule has 31 heteroatoms. The minimum absolute atomic E-state index is 0. The van der Waals surface area contributed by atoms with Crippen molar-refractivity contribution in [3.8, 4) is 11.5 Å². The van der Waals surface area contributed by atoms with Crippen molar-refractivity contribution in [1.82, 2.24) is 60.4 Å². The number of allylic oxidation sites excluding steroid dienone is 1. The number of carbonyl (C=O) groups excluding carboxylic acids is 6. The van der Waals surface area contributed by atoms with E-state index in [1.807, 2.05) is 87.7 Å². The summed E-state index contributed by atoms with van der Waals surface area (Å²) < 4.78 is 29.2. The molecule has 4 fully saturated rings. The van der Waals surface area contributed by atoms with E-state index in [9.17, 15) is 33.6 Å². The number of carboxylic acids is 2. The number of nitrogens with zero attached hydrogens (tertiary/aromatic N) is 11. The molecule has 6 N–H and O–H groups in total. The number of rotatable bonds is 21. The smallest absolute Gasteiger partial charge is 0.358 e. The van der Waals surface area contributed by atoms with Crippen molar-refractivity contribution in [2.75, 3.05) is 94.8 Å². The predicted octanol–water partition coefficient (Wildman–Crippen LogP) is 9.73. The van der Waals surface area contributed by atoms with Crippen molar-refractivity contribution in [2.45, 2.75) is 60.3 Å². The number of methoxy groups -OCH3 is 2. The fraction of sp³-hybridized carbons (Fsp3) is 0.346. The zero-order chi connectivity index (χ0) is 77.8. The summed E-state index contributed by atoms with van der Waals surface area (Å²) in [5, 5.41) is 39.3. The number of aliphatic carboxylic acids is 1. The Morgan fingerprint density at radius 1 is 0.550 bits per heavy atom. The van der Waals surface area contributed by atoms with Gasteiger partial charge in [0.1, 0.15) is 12.0 Å². The van der Waals surface area contributed by atoms with Crippen LogP contribution in [0.4, 0.5) is 0 Å². The summed E-state index contributed by atoms with van der Waals surface area (Å²) in [6.07, 6.45) is 10.8. The standard InChI is InChI=1S/C19H21N3O3.C18H16N4O2.C16H16N2O3.C10H13N.C6H5NO4.C5H13NO2.C2H4O2.CH4N2.CH4.ClH/c1-21(2)9-8-17(23)18-11-16(20-25-18)19(24)22-12-15(13-22)10-14-6-4-3-5-7-14;23-18(16-9-17(24-21-16)15-6-7-19-12-20-15)22-10-14(11-22)8-13-4-2-1-3-5-13;1-11(19)15-8-14(17-21-15)16(20)18-9-13(10-18)7-12-5-3-2-4-6-12;1-2-4-9(5-3-1)6-10-7-11-8-10;1-3(8)5-2-4(6(9)10)7-11-5;1-6(2)5(7-3)8-4;1-2(3)4;2-1-3;;/h3-9,11,15H,10,12-13H2,1-2H3;1-7,9,12,14H,8,10-11H2;2-6,8,13H,7,9-10H2,1H3;1-5,10-11H,6-8H2;2H,1H3,(H,9,10);5H,1-4H3;1H3,(H,3,4);1H,(H3,2,3);1H4;1H/b9-8+;;;;;;;;;. The molecule has 0 unspecified atom stereocenters. The molecule has 0 atom stereocenters. The highest BCUT2D eigenvalue weighted by molar-refractivity contribution is 6.04. The summed E-state index contributed by atoms with van der Waals surface area (Å²) in [6.45, 7) is 10.5. The number of hydrogen-bond donors (Lipinski definition) is 5. The lowest BCUT2D eigenvalue weighted by Crippen LogP contribution is -2.50. The van der Waals surface area contributed by atoms with Gasteiger partial charge in [-0.2, -0.15) is 0 Å². The third kappa shape index (κ3) is 30.6. The Kier molecular flexibility index (Phi) is 38.7. The number of aromatic carboxylic acids is 1. The number of ether oxygens (including phenoxy) is 2. The Morgan fingerprint density at radius 2 is 0.890 bits per heavy atom. The highest BCUT2D eigenvalue weighted by atomic mass is 35.5. The molecule has 0 aliphatic carbocycles. The van der Waals surface area contributed by atoms with E-state index in [0.29, 0.717) is 48.0 Å². The summed E-state index contributed by atoms with van der Waals surface area (Å²) in [5.74, 6) is -0.418. The molecule has 0 bridgehead atoms. The quantitative estimate of drug-likeness (QED) is 0.0147. The molecule has 5 aromatic heterocycles. The molecule has 30 nitrogen and oxygen atoms in total. The van der Waals surface area contributed by atoms with E-state index >= 15 is 0 Å². The summed E-state index contributed by atoms with van der Waals surface area (Å²) in [5.41, 5.74) is 10.8. The molecular weight excluding hydrogens is 1420 g/mol. The van der Waals surface area contributed by atoms with Gasteiger partial charge in [0, 0.05) is 131 Å². The van der Waals surface area contributed by atoms with Gasteiger partial charge in [-0.05, 0) is 105 Å². The fourth-order valence-corrected chi connectivity index (χ4v) is 10.7. The Balaban J connectivity index is 0.000000280. The van der Waals surface area contributed by atoms with E-state index in [-0.39, 0.29) is 95.7 Å². The van der Waals surface area contributed by atoms with Crippen LogP contribution in [0.15, 0.2) is 195 Å². The van der Waals surface area contributed by atoms with Crippen LogP contribution < -0.4 is 11.1 Å². The number of likely N-dealkylation sites (tertiary alicyclic amines) is 3. The Labute approximate surface area is 639 Å². The molecule has 582 valence electrons. The van der Waals surface area contributed by atoms with E-state index < -0.39 is 11.9 Å². The first kappa shape index (κ1) is 89.7. The number of benzene rings is 4. The lowest BCUT2D eigenvalue weighted by molar-refractivity contribution is -0.179. The first-order valence-electron chi connectivity index (χ1n) is 34.0. The summed E-state index contributed by atoms with van der Waals surface area (Å²) in [4.78, 5) is 107. The third-order valence-corrected chi connectivity index (χ3v) is 16.1.